The maximum atomic E-state index is 4.73. The molecule has 1 aromatic rings. The van der Waals surface area contributed by atoms with E-state index in [2.05, 4.69) is 22.2 Å². The van der Waals surface area contributed by atoms with Gasteiger partial charge in [-0.15, -0.1) is 0 Å². The van der Waals surface area contributed by atoms with Gasteiger partial charge in [-0.2, -0.15) is 0 Å². The molecule has 16 heavy (non-hydrogen) atoms. The first-order valence-corrected chi connectivity index (χ1v) is 6.07. The van der Waals surface area contributed by atoms with Crippen molar-refractivity contribution >= 4 is 0 Å². The molecule has 2 aliphatic heterocycles. The third-order valence-corrected chi connectivity index (χ3v) is 3.59. The van der Waals surface area contributed by atoms with E-state index in [1.165, 1.54) is 24.2 Å². The summed E-state index contributed by atoms with van der Waals surface area (Å²) in [6.45, 7) is 4.24. The van der Waals surface area contributed by atoms with Gasteiger partial charge in [0.2, 0.25) is 0 Å². The Bertz CT molecular complexity index is 391. The van der Waals surface area contributed by atoms with E-state index >= 15 is 0 Å². The Kier molecular flexibility index (Phi) is 2.61. The Morgan fingerprint density at radius 1 is 1.50 bits per heavy atom. The monoisotopic (exact) mass is 218 g/mol. The summed E-state index contributed by atoms with van der Waals surface area (Å²) in [5.41, 5.74) is 2.54. The van der Waals surface area contributed by atoms with Gasteiger partial charge in [0.1, 0.15) is 5.82 Å². The van der Waals surface area contributed by atoms with Crippen LogP contribution in [0.5, 0.6) is 0 Å². The molecule has 0 saturated carbocycles. The van der Waals surface area contributed by atoms with Gasteiger partial charge < -0.3 is 10.2 Å². The number of likely N-dealkylation sites (tertiary alicyclic amines) is 1. The van der Waals surface area contributed by atoms with Crippen molar-refractivity contribution in [2.45, 2.75) is 25.3 Å². The van der Waals surface area contributed by atoms with E-state index in [4.69, 9.17) is 4.98 Å². The minimum atomic E-state index is 0.539. The fourth-order valence-electron chi connectivity index (χ4n) is 2.59. The van der Waals surface area contributed by atoms with E-state index in [0.29, 0.717) is 5.92 Å². The highest BCUT2D eigenvalue weighted by atomic mass is 15.1. The number of aromatic nitrogens is 2. The van der Waals surface area contributed by atoms with Crippen LogP contribution in [0.25, 0.3) is 0 Å². The molecule has 1 unspecified atom stereocenters. The van der Waals surface area contributed by atoms with Gasteiger partial charge >= 0.3 is 0 Å². The van der Waals surface area contributed by atoms with Crippen LogP contribution in [0.15, 0.2) is 6.20 Å². The Morgan fingerprint density at radius 2 is 2.44 bits per heavy atom. The van der Waals surface area contributed by atoms with Crippen LogP contribution in [-0.4, -0.2) is 41.5 Å². The highest BCUT2D eigenvalue weighted by Gasteiger charge is 2.24. The van der Waals surface area contributed by atoms with E-state index in [9.17, 15) is 0 Å². The number of fused-ring (bicyclic) bond motifs is 1. The molecule has 1 aromatic heterocycles. The van der Waals surface area contributed by atoms with E-state index < -0.39 is 0 Å². The average molecular weight is 218 g/mol. The molecule has 1 N–H and O–H groups in total. The molecule has 0 aliphatic carbocycles. The van der Waals surface area contributed by atoms with E-state index in [1.54, 1.807) is 0 Å². The lowest BCUT2D eigenvalue weighted by Crippen LogP contribution is -2.26. The molecule has 86 valence electrons. The summed E-state index contributed by atoms with van der Waals surface area (Å²) in [6, 6.07) is 0. The molecule has 0 radical (unpaired) electrons. The highest BCUT2D eigenvalue weighted by molar-refractivity contribution is 5.21. The number of nitrogens with zero attached hydrogens (tertiary/aromatic N) is 3. The van der Waals surface area contributed by atoms with Crippen molar-refractivity contribution in [1.82, 2.24) is 20.2 Å². The molecular weight excluding hydrogens is 200 g/mol. The summed E-state index contributed by atoms with van der Waals surface area (Å²) in [7, 11) is 2.17. The van der Waals surface area contributed by atoms with Crippen LogP contribution >= 0.6 is 0 Å². The molecule has 0 aromatic carbocycles. The predicted octanol–water partition coefficient (Wildman–Crippen LogP) is 0.541. The number of rotatable bonds is 1. The van der Waals surface area contributed by atoms with Crippen LogP contribution in [0, 0.1) is 0 Å². The third kappa shape index (κ3) is 1.83. The Morgan fingerprint density at radius 3 is 3.25 bits per heavy atom. The van der Waals surface area contributed by atoms with Crippen LogP contribution in [-0.2, 0) is 13.0 Å². The second-order valence-corrected chi connectivity index (χ2v) is 4.87. The average Bonchev–Trinajstić information content (AvgIpc) is 2.75. The molecule has 0 bridgehead atoms. The molecule has 0 amide bonds. The van der Waals surface area contributed by atoms with Gasteiger partial charge in [-0.25, -0.2) is 9.97 Å². The van der Waals surface area contributed by atoms with Crippen molar-refractivity contribution in [3.05, 3.63) is 23.3 Å². The summed E-state index contributed by atoms with van der Waals surface area (Å²) in [6.07, 6.45) is 4.31. The normalized spacial score (nSPS) is 25.7. The van der Waals surface area contributed by atoms with Gasteiger partial charge in [0.25, 0.3) is 0 Å². The molecule has 1 saturated heterocycles. The Hall–Kier alpha value is -1.00. The summed E-state index contributed by atoms with van der Waals surface area (Å²) in [5, 5.41) is 3.37. The highest BCUT2D eigenvalue weighted by Crippen LogP contribution is 2.24. The van der Waals surface area contributed by atoms with Gasteiger partial charge in [0.15, 0.2) is 0 Å². The molecule has 4 heteroatoms. The topological polar surface area (TPSA) is 41.1 Å². The quantitative estimate of drug-likeness (QED) is 0.747. The second kappa shape index (κ2) is 4.11. The second-order valence-electron chi connectivity index (χ2n) is 4.87. The van der Waals surface area contributed by atoms with Gasteiger partial charge in [0, 0.05) is 25.2 Å². The predicted molar refractivity (Wildman–Crippen MR) is 62.3 cm³/mol. The minimum absolute atomic E-state index is 0.539. The fourth-order valence-corrected chi connectivity index (χ4v) is 2.59. The van der Waals surface area contributed by atoms with Crippen molar-refractivity contribution in [3.63, 3.8) is 0 Å². The van der Waals surface area contributed by atoms with Crippen LogP contribution in [0.3, 0.4) is 0 Å². The molecule has 1 atom stereocenters. The van der Waals surface area contributed by atoms with Crippen molar-refractivity contribution in [3.8, 4) is 0 Å². The molecule has 0 spiro atoms. The number of likely N-dealkylation sites (N-methyl/N-ethyl adjacent to an activating group) is 1. The first kappa shape index (κ1) is 10.2. The Labute approximate surface area is 96.1 Å². The summed E-state index contributed by atoms with van der Waals surface area (Å²) < 4.78 is 0. The molecule has 1 fully saturated rings. The summed E-state index contributed by atoms with van der Waals surface area (Å²) in [4.78, 5) is 11.6. The van der Waals surface area contributed by atoms with Gasteiger partial charge in [-0.05, 0) is 38.5 Å². The first-order valence-electron chi connectivity index (χ1n) is 6.07. The largest absolute Gasteiger partial charge is 0.311 e. The number of hydrogen-bond acceptors (Lipinski definition) is 4. The van der Waals surface area contributed by atoms with Crippen molar-refractivity contribution < 1.29 is 0 Å². The zero-order valence-electron chi connectivity index (χ0n) is 9.74. The van der Waals surface area contributed by atoms with E-state index in [1.807, 2.05) is 6.20 Å². The summed E-state index contributed by atoms with van der Waals surface area (Å²) >= 11 is 0. The van der Waals surface area contributed by atoms with Crippen molar-refractivity contribution in [2.75, 3.05) is 26.7 Å². The first-order chi connectivity index (χ1) is 7.83. The van der Waals surface area contributed by atoms with Crippen LogP contribution < -0.4 is 5.32 Å². The molecular formula is C12H18N4. The lowest BCUT2D eigenvalue weighted by molar-refractivity contribution is 0.409. The SMILES string of the molecule is CN1CCC(c2ncc3c(n2)CNCC3)C1. The van der Waals surface area contributed by atoms with Crippen molar-refractivity contribution in [2.24, 2.45) is 0 Å². The van der Waals surface area contributed by atoms with E-state index in [-0.39, 0.29) is 0 Å². The van der Waals surface area contributed by atoms with Crippen LogP contribution in [0.2, 0.25) is 0 Å². The lowest BCUT2D eigenvalue weighted by atomic mass is 10.1. The third-order valence-electron chi connectivity index (χ3n) is 3.59. The zero-order valence-corrected chi connectivity index (χ0v) is 9.74. The maximum Gasteiger partial charge on any atom is 0.133 e. The lowest BCUT2D eigenvalue weighted by Gasteiger charge is -2.17. The van der Waals surface area contributed by atoms with E-state index in [0.717, 1.165) is 31.9 Å². The van der Waals surface area contributed by atoms with Gasteiger partial charge in [0.05, 0.1) is 5.69 Å². The fraction of sp³-hybridized carbons (Fsp3) is 0.667. The molecule has 2 aliphatic rings. The zero-order chi connectivity index (χ0) is 11.0. The molecule has 4 nitrogen and oxygen atoms in total. The Balaban J connectivity index is 1.85. The minimum Gasteiger partial charge on any atom is -0.311 e. The number of hydrogen-bond donors (Lipinski definition) is 1. The smallest absolute Gasteiger partial charge is 0.133 e. The maximum absolute atomic E-state index is 4.73. The van der Waals surface area contributed by atoms with Gasteiger partial charge in [-0.1, -0.05) is 0 Å². The summed E-state index contributed by atoms with van der Waals surface area (Å²) in [5.74, 6) is 1.59. The van der Waals surface area contributed by atoms with Crippen molar-refractivity contribution in [1.29, 1.82) is 0 Å². The van der Waals surface area contributed by atoms with Gasteiger partial charge in [-0.3, -0.25) is 0 Å². The van der Waals surface area contributed by atoms with Crippen LogP contribution in [0.1, 0.15) is 29.4 Å². The standard InChI is InChI=1S/C12H18N4/c1-16-5-3-10(8-16)12-14-6-9-2-4-13-7-11(9)15-12/h6,10,13H,2-5,7-8H2,1H3. The number of nitrogens with one attached hydrogen (secondary N) is 1. The molecule has 3 rings (SSSR count). The molecule has 3 heterocycles. The van der Waals surface area contributed by atoms with Crippen LogP contribution in [0.4, 0.5) is 0 Å².